The van der Waals surface area contributed by atoms with Crippen LogP contribution in [0.15, 0.2) is 89.1 Å². The van der Waals surface area contributed by atoms with Crippen LogP contribution < -0.4 is 15.0 Å². The molecule has 0 bridgehead atoms. The third kappa shape index (κ3) is 4.42. The number of hydrogen-bond acceptors (Lipinski definition) is 5. The van der Waals surface area contributed by atoms with Gasteiger partial charge < -0.3 is 14.6 Å². The molecule has 6 nitrogen and oxygen atoms in total. The van der Waals surface area contributed by atoms with E-state index in [1.807, 2.05) is 78.6 Å². The molecule has 1 atom stereocenters. The number of nitrogens with zero attached hydrogens (tertiary/aromatic N) is 3. The Balaban J connectivity index is 1.61. The highest BCUT2D eigenvalue weighted by Gasteiger charge is 2.34. The number of ether oxygens (including phenoxy) is 1. The number of rotatable bonds is 6. The summed E-state index contributed by atoms with van der Waals surface area (Å²) in [5.74, 6) is 1.79. The summed E-state index contributed by atoms with van der Waals surface area (Å²) in [4.78, 5) is 6.81. The quantitative estimate of drug-likeness (QED) is 0.330. The van der Waals surface area contributed by atoms with Crippen molar-refractivity contribution in [2.45, 2.75) is 26.3 Å². The van der Waals surface area contributed by atoms with Crippen LogP contribution >= 0.6 is 12.2 Å². The highest BCUT2D eigenvalue weighted by molar-refractivity contribution is 7.80. The Morgan fingerprint density at radius 3 is 2.37 bits per heavy atom. The SMILES string of the molecule is CCc1ccc(-c2noc(C3=C(C)N(c4ccccc4)C(=S)NC3c3ccc(OC)cc3)n2)cc1. The number of para-hydroxylation sites is 1. The van der Waals surface area contributed by atoms with E-state index in [1.54, 1.807) is 7.11 Å². The zero-order valence-corrected chi connectivity index (χ0v) is 20.7. The molecule has 0 radical (unpaired) electrons. The first kappa shape index (κ1) is 22.8. The smallest absolute Gasteiger partial charge is 0.258 e. The van der Waals surface area contributed by atoms with E-state index in [1.165, 1.54) is 5.56 Å². The number of benzene rings is 3. The van der Waals surface area contributed by atoms with Gasteiger partial charge in [0.05, 0.1) is 18.7 Å². The molecule has 1 unspecified atom stereocenters. The molecule has 5 rings (SSSR count). The number of nitrogens with one attached hydrogen (secondary N) is 1. The van der Waals surface area contributed by atoms with Gasteiger partial charge in [-0.3, -0.25) is 4.90 Å². The summed E-state index contributed by atoms with van der Waals surface area (Å²) in [5.41, 5.74) is 5.95. The summed E-state index contributed by atoms with van der Waals surface area (Å²) >= 11 is 5.81. The fourth-order valence-electron chi connectivity index (χ4n) is 4.29. The molecule has 0 saturated carbocycles. The molecule has 35 heavy (non-hydrogen) atoms. The van der Waals surface area contributed by atoms with Crippen molar-refractivity contribution >= 4 is 28.6 Å². The van der Waals surface area contributed by atoms with E-state index in [4.69, 9.17) is 26.5 Å². The molecule has 0 spiro atoms. The molecular formula is C28H26N4O2S. The molecule has 3 aromatic carbocycles. The van der Waals surface area contributed by atoms with Gasteiger partial charge in [-0.1, -0.05) is 66.7 Å². The fraction of sp³-hybridized carbons (Fsp3) is 0.179. The lowest BCUT2D eigenvalue weighted by molar-refractivity contribution is 0.404. The van der Waals surface area contributed by atoms with Crippen LogP contribution in [0.3, 0.4) is 0 Å². The summed E-state index contributed by atoms with van der Waals surface area (Å²) < 4.78 is 11.2. The molecule has 1 aliphatic heterocycles. The number of allylic oxidation sites excluding steroid dienone is 1. The van der Waals surface area contributed by atoms with Crippen molar-refractivity contribution in [1.82, 2.24) is 15.5 Å². The Hall–Kier alpha value is -3.97. The Labute approximate surface area is 210 Å². The third-order valence-corrected chi connectivity index (χ3v) is 6.53. The van der Waals surface area contributed by atoms with Crippen LogP contribution in [0.25, 0.3) is 17.0 Å². The standard InChI is InChI=1S/C28H26N4O2S/c1-4-19-10-12-21(13-11-19)26-30-27(34-31-26)24-18(2)32(22-8-6-5-7-9-22)28(35)29-25(24)20-14-16-23(33-3)17-15-20/h5-17,25H,4H2,1-3H3,(H,29,35). The molecule has 176 valence electrons. The average Bonchev–Trinajstić information content (AvgIpc) is 3.39. The first-order valence-corrected chi connectivity index (χ1v) is 11.9. The van der Waals surface area contributed by atoms with Crippen LogP contribution in [0.2, 0.25) is 0 Å². The van der Waals surface area contributed by atoms with Gasteiger partial charge in [0.15, 0.2) is 5.11 Å². The van der Waals surface area contributed by atoms with Crippen molar-refractivity contribution in [1.29, 1.82) is 0 Å². The molecule has 0 amide bonds. The summed E-state index contributed by atoms with van der Waals surface area (Å²) in [7, 11) is 1.66. The van der Waals surface area contributed by atoms with Gasteiger partial charge in [-0.25, -0.2) is 0 Å². The molecule has 1 aromatic heterocycles. The summed E-state index contributed by atoms with van der Waals surface area (Å²) in [6.07, 6.45) is 0.980. The maximum atomic E-state index is 5.85. The maximum absolute atomic E-state index is 5.85. The first-order valence-electron chi connectivity index (χ1n) is 11.5. The summed E-state index contributed by atoms with van der Waals surface area (Å²) in [6.45, 7) is 4.17. The van der Waals surface area contributed by atoms with Gasteiger partial charge in [0.25, 0.3) is 5.89 Å². The minimum absolute atomic E-state index is 0.260. The van der Waals surface area contributed by atoms with Gasteiger partial charge in [0, 0.05) is 16.9 Å². The average molecular weight is 483 g/mol. The topological polar surface area (TPSA) is 63.4 Å². The molecule has 0 fully saturated rings. The molecular weight excluding hydrogens is 456 g/mol. The lowest BCUT2D eigenvalue weighted by Gasteiger charge is -2.37. The van der Waals surface area contributed by atoms with E-state index in [-0.39, 0.29) is 6.04 Å². The van der Waals surface area contributed by atoms with Gasteiger partial charge in [-0.15, -0.1) is 0 Å². The monoisotopic (exact) mass is 482 g/mol. The predicted molar refractivity (Wildman–Crippen MR) is 142 cm³/mol. The van der Waals surface area contributed by atoms with Gasteiger partial charge in [-0.2, -0.15) is 4.98 Å². The lowest BCUT2D eigenvalue weighted by atomic mass is 9.94. The Bertz CT molecular complexity index is 1360. The van der Waals surface area contributed by atoms with E-state index in [0.717, 1.165) is 40.3 Å². The zero-order valence-electron chi connectivity index (χ0n) is 19.9. The minimum atomic E-state index is -0.260. The largest absolute Gasteiger partial charge is 0.497 e. The van der Waals surface area contributed by atoms with E-state index >= 15 is 0 Å². The van der Waals surface area contributed by atoms with E-state index < -0.39 is 0 Å². The van der Waals surface area contributed by atoms with Crippen molar-refractivity contribution in [3.63, 3.8) is 0 Å². The van der Waals surface area contributed by atoms with Crippen LogP contribution in [-0.2, 0) is 6.42 Å². The number of methoxy groups -OCH3 is 1. The number of aryl methyl sites for hydroxylation is 1. The lowest BCUT2D eigenvalue weighted by Crippen LogP contribution is -2.46. The highest BCUT2D eigenvalue weighted by atomic mass is 32.1. The summed E-state index contributed by atoms with van der Waals surface area (Å²) in [6, 6.07) is 25.9. The Morgan fingerprint density at radius 2 is 1.71 bits per heavy atom. The van der Waals surface area contributed by atoms with Gasteiger partial charge in [-0.05, 0) is 61.0 Å². The second-order valence-electron chi connectivity index (χ2n) is 8.30. The molecule has 2 heterocycles. The molecule has 1 N–H and O–H groups in total. The van der Waals surface area contributed by atoms with Crippen molar-refractivity contribution in [3.05, 3.63) is 102 Å². The molecule has 0 saturated heterocycles. The Kier molecular flexibility index (Phi) is 6.33. The van der Waals surface area contributed by atoms with Gasteiger partial charge in [0.2, 0.25) is 5.82 Å². The first-order chi connectivity index (χ1) is 17.1. The fourth-order valence-corrected chi connectivity index (χ4v) is 4.65. The molecule has 1 aliphatic rings. The third-order valence-electron chi connectivity index (χ3n) is 6.23. The second-order valence-corrected chi connectivity index (χ2v) is 8.69. The minimum Gasteiger partial charge on any atom is -0.497 e. The molecule has 7 heteroatoms. The van der Waals surface area contributed by atoms with Gasteiger partial charge in [0.1, 0.15) is 5.75 Å². The van der Waals surface area contributed by atoms with Gasteiger partial charge >= 0.3 is 0 Å². The number of anilines is 1. The summed E-state index contributed by atoms with van der Waals surface area (Å²) in [5, 5.41) is 8.40. The maximum Gasteiger partial charge on any atom is 0.258 e. The number of hydrogen-bond donors (Lipinski definition) is 1. The van der Waals surface area contributed by atoms with Crippen LogP contribution in [0.1, 0.15) is 36.9 Å². The van der Waals surface area contributed by atoms with Crippen molar-refractivity contribution in [3.8, 4) is 17.1 Å². The van der Waals surface area contributed by atoms with E-state index in [2.05, 4.69) is 29.5 Å². The number of thiocarbonyl (C=S) groups is 1. The normalized spacial score (nSPS) is 15.8. The molecule has 0 aliphatic carbocycles. The van der Waals surface area contributed by atoms with Crippen LogP contribution in [0.5, 0.6) is 5.75 Å². The highest BCUT2D eigenvalue weighted by Crippen LogP contribution is 2.39. The van der Waals surface area contributed by atoms with Crippen molar-refractivity contribution in [2.24, 2.45) is 0 Å². The molecule has 4 aromatic rings. The second kappa shape index (κ2) is 9.72. The van der Waals surface area contributed by atoms with E-state index in [9.17, 15) is 0 Å². The van der Waals surface area contributed by atoms with Crippen molar-refractivity contribution < 1.29 is 9.26 Å². The number of aromatic nitrogens is 2. The predicted octanol–water partition coefficient (Wildman–Crippen LogP) is 6.17. The van der Waals surface area contributed by atoms with Crippen LogP contribution in [-0.4, -0.2) is 22.4 Å². The van der Waals surface area contributed by atoms with Crippen LogP contribution in [0, 0.1) is 0 Å². The Morgan fingerprint density at radius 1 is 1.00 bits per heavy atom. The van der Waals surface area contributed by atoms with E-state index in [0.29, 0.717) is 16.8 Å². The van der Waals surface area contributed by atoms with Crippen LogP contribution in [0.4, 0.5) is 5.69 Å². The zero-order chi connectivity index (χ0) is 24.4. The van der Waals surface area contributed by atoms with Crippen molar-refractivity contribution in [2.75, 3.05) is 12.0 Å².